The van der Waals surface area contributed by atoms with Crippen molar-refractivity contribution in [1.29, 1.82) is 0 Å². The SMILES string of the molecule is O=C(CCCc1nc2ccccc2c(=O)[nH]1)Nc1nc(CN2CCOCC2)cs1. The molecule has 1 aromatic carbocycles. The molecule has 0 aliphatic carbocycles. The molecule has 2 N–H and O–H groups in total. The van der Waals surface area contributed by atoms with Gasteiger partial charge in [-0.1, -0.05) is 12.1 Å². The molecule has 3 aromatic rings. The van der Waals surface area contributed by atoms with E-state index in [0.717, 1.165) is 38.5 Å². The van der Waals surface area contributed by atoms with Crippen molar-refractivity contribution in [3.05, 3.63) is 51.5 Å². The van der Waals surface area contributed by atoms with Crippen molar-refractivity contribution < 1.29 is 9.53 Å². The lowest BCUT2D eigenvalue weighted by Gasteiger charge is -2.25. The summed E-state index contributed by atoms with van der Waals surface area (Å²) in [6.07, 6.45) is 1.47. The van der Waals surface area contributed by atoms with E-state index in [9.17, 15) is 9.59 Å². The number of aromatic amines is 1. The van der Waals surface area contributed by atoms with E-state index < -0.39 is 0 Å². The zero-order chi connectivity index (χ0) is 20.1. The molecule has 4 rings (SSSR count). The van der Waals surface area contributed by atoms with Crippen LogP contribution >= 0.6 is 11.3 Å². The molecule has 1 aliphatic heterocycles. The van der Waals surface area contributed by atoms with Crippen molar-refractivity contribution >= 4 is 33.3 Å². The lowest BCUT2D eigenvalue weighted by atomic mass is 10.2. The number of morpholine rings is 1. The molecule has 1 fully saturated rings. The van der Waals surface area contributed by atoms with E-state index in [0.29, 0.717) is 41.1 Å². The highest BCUT2D eigenvalue weighted by atomic mass is 32.1. The van der Waals surface area contributed by atoms with Crippen molar-refractivity contribution in [1.82, 2.24) is 19.9 Å². The number of benzene rings is 1. The zero-order valence-electron chi connectivity index (χ0n) is 16.0. The van der Waals surface area contributed by atoms with Gasteiger partial charge in [0.2, 0.25) is 5.91 Å². The fourth-order valence-electron chi connectivity index (χ4n) is 3.28. The monoisotopic (exact) mass is 413 g/mol. The first-order chi connectivity index (χ1) is 14.2. The fraction of sp³-hybridized carbons (Fsp3) is 0.400. The number of amides is 1. The van der Waals surface area contributed by atoms with Gasteiger partial charge in [0.05, 0.1) is 29.8 Å². The first kappa shape index (κ1) is 19.7. The Hall–Kier alpha value is -2.62. The van der Waals surface area contributed by atoms with Crippen molar-refractivity contribution in [2.75, 3.05) is 31.6 Å². The molecule has 0 atom stereocenters. The van der Waals surface area contributed by atoms with E-state index >= 15 is 0 Å². The Kier molecular flexibility index (Phi) is 6.28. The van der Waals surface area contributed by atoms with Crippen LogP contribution in [0.1, 0.15) is 24.4 Å². The molecule has 9 heteroatoms. The maximum Gasteiger partial charge on any atom is 0.258 e. The van der Waals surface area contributed by atoms with Crippen LogP contribution in [-0.4, -0.2) is 52.1 Å². The molecule has 152 valence electrons. The van der Waals surface area contributed by atoms with Crippen LogP contribution in [0.4, 0.5) is 5.13 Å². The number of nitrogens with zero attached hydrogens (tertiary/aromatic N) is 3. The third-order valence-corrected chi connectivity index (χ3v) is 5.57. The van der Waals surface area contributed by atoms with Gasteiger partial charge in [-0.2, -0.15) is 0 Å². The summed E-state index contributed by atoms with van der Waals surface area (Å²) >= 11 is 1.44. The Balaban J connectivity index is 1.26. The summed E-state index contributed by atoms with van der Waals surface area (Å²) in [7, 11) is 0. The van der Waals surface area contributed by atoms with E-state index in [1.807, 2.05) is 23.6 Å². The summed E-state index contributed by atoms with van der Waals surface area (Å²) in [6, 6.07) is 7.24. The number of fused-ring (bicyclic) bond motifs is 1. The van der Waals surface area contributed by atoms with Crippen LogP contribution in [0.15, 0.2) is 34.4 Å². The molecule has 1 saturated heterocycles. The first-order valence-electron chi connectivity index (χ1n) is 9.70. The number of aryl methyl sites for hydroxylation is 1. The summed E-state index contributed by atoms with van der Waals surface area (Å²) in [6.45, 7) is 4.10. The number of anilines is 1. The Morgan fingerprint density at radius 2 is 2.07 bits per heavy atom. The van der Waals surface area contributed by atoms with Gasteiger partial charge in [0.1, 0.15) is 5.82 Å². The van der Waals surface area contributed by atoms with E-state index in [-0.39, 0.29) is 11.5 Å². The van der Waals surface area contributed by atoms with Gasteiger partial charge in [-0.3, -0.25) is 14.5 Å². The van der Waals surface area contributed by atoms with Crippen molar-refractivity contribution in [2.24, 2.45) is 0 Å². The van der Waals surface area contributed by atoms with Gasteiger partial charge in [-0.05, 0) is 18.6 Å². The first-order valence-corrected chi connectivity index (χ1v) is 10.6. The van der Waals surface area contributed by atoms with Gasteiger partial charge >= 0.3 is 0 Å². The smallest absolute Gasteiger partial charge is 0.258 e. The van der Waals surface area contributed by atoms with Gasteiger partial charge in [0.15, 0.2) is 5.13 Å². The Labute approximate surface area is 171 Å². The minimum absolute atomic E-state index is 0.0830. The van der Waals surface area contributed by atoms with Gasteiger partial charge in [-0.15, -0.1) is 11.3 Å². The topological polar surface area (TPSA) is 100 Å². The van der Waals surface area contributed by atoms with Crippen LogP contribution in [0.5, 0.6) is 0 Å². The number of rotatable bonds is 7. The highest BCUT2D eigenvalue weighted by Crippen LogP contribution is 2.18. The molecular weight excluding hydrogens is 390 g/mol. The Morgan fingerprint density at radius 1 is 1.24 bits per heavy atom. The fourth-order valence-corrected chi connectivity index (χ4v) is 3.99. The third kappa shape index (κ3) is 5.26. The number of aromatic nitrogens is 3. The number of carbonyl (C=O) groups excluding carboxylic acids is 1. The molecule has 1 aliphatic rings. The molecule has 0 unspecified atom stereocenters. The predicted octanol–water partition coefficient (Wildman–Crippen LogP) is 2.17. The maximum absolute atomic E-state index is 12.2. The number of carbonyl (C=O) groups is 1. The molecule has 0 spiro atoms. The van der Waals surface area contributed by atoms with Crippen LogP contribution in [0.25, 0.3) is 10.9 Å². The number of thiazole rings is 1. The lowest BCUT2D eigenvalue weighted by molar-refractivity contribution is -0.116. The van der Waals surface area contributed by atoms with E-state index in [2.05, 4.69) is 25.2 Å². The van der Waals surface area contributed by atoms with Gasteiger partial charge in [0, 0.05) is 37.9 Å². The zero-order valence-corrected chi connectivity index (χ0v) is 16.8. The summed E-state index contributed by atoms with van der Waals surface area (Å²) < 4.78 is 5.35. The predicted molar refractivity (Wildman–Crippen MR) is 112 cm³/mol. The van der Waals surface area contributed by atoms with E-state index in [1.54, 1.807) is 6.07 Å². The molecular formula is C20H23N5O3S. The minimum atomic E-state index is -0.148. The number of H-pyrrole nitrogens is 1. The normalized spacial score (nSPS) is 14.9. The van der Waals surface area contributed by atoms with Crippen LogP contribution in [-0.2, 0) is 22.5 Å². The van der Waals surface area contributed by atoms with Crippen LogP contribution in [0.3, 0.4) is 0 Å². The van der Waals surface area contributed by atoms with Gasteiger partial charge in [-0.25, -0.2) is 9.97 Å². The van der Waals surface area contributed by atoms with Crippen LogP contribution in [0.2, 0.25) is 0 Å². The molecule has 3 heterocycles. The number of hydrogen-bond acceptors (Lipinski definition) is 7. The summed E-state index contributed by atoms with van der Waals surface area (Å²) in [4.78, 5) is 38.4. The summed E-state index contributed by atoms with van der Waals surface area (Å²) in [5.41, 5.74) is 1.49. The maximum atomic E-state index is 12.2. The van der Waals surface area contributed by atoms with Crippen molar-refractivity contribution in [2.45, 2.75) is 25.8 Å². The van der Waals surface area contributed by atoms with Crippen molar-refractivity contribution in [3.63, 3.8) is 0 Å². The second-order valence-electron chi connectivity index (χ2n) is 6.96. The molecule has 0 radical (unpaired) electrons. The van der Waals surface area contributed by atoms with Crippen LogP contribution in [0, 0.1) is 0 Å². The van der Waals surface area contributed by atoms with E-state index in [1.165, 1.54) is 11.3 Å². The summed E-state index contributed by atoms with van der Waals surface area (Å²) in [5.74, 6) is 0.518. The quantitative estimate of drug-likeness (QED) is 0.616. The average Bonchev–Trinajstić information content (AvgIpc) is 3.15. The third-order valence-electron chi connectivity index (χ3n) is 4.77. The standard InChI is InChI=1S/C20H23N5O3S/c26-18(24-20-21-14(13-29-20)12-25-8-10-28-11-9-25)7-3-6-17-22-16-5-2-1-4-15(16)19(27)23-17/h1-2,4-5,13H,3,6-12H2,(H,21,24,26)(H,22,23,27). The van der Waals surface area contributed by atoms with Gasteiger partial charge < -0.3 is 15.0 Å². The highest BCUT2D eigenvalue weighted by Gasteiger charge is 2.13. The minimum Gasteiger partial charge on any atom is -0.379 e. The molecule has 1 amide bonds. The van der Waals surface area contributed by atoms with E-state index in [4.69, 9.17) is 4.74 Å². The molecule has 2 aromatic heterocycles. The Morgan fingerprint density at radius 3 is 2.93 bits per heavy atom. The molecule has 0 bridgehead atoms. The number of hydrogen-bond donors (Lipinski definition) is 2. The number of nitrogens with one attached hydrogen (secondary N) is 2. The average molecular weight is 414 g/mol. The molecule has 0 saturated carbocycles. The molecule has 8 nitrogen and oxygen atoms in total. The Bertz CT molecular complexity index is 1040. The highest BCUT2D eigenvalue weighted by molar-refractivity contribution is 7.13. The van der Waals surface area contributed by atoms with Crippen LogP contribution < -0.4 is 10.9 Å². The van der Waals surface area contributed by atoms with Gasteiger partial charge in [0.25, 0.3) is 5.56 Å². The number of ether oxygens (including phenoxy) is 1. The van der Waals surface area contributed by atoms with Crippen molar-refractivity contribution in [3.8, 4) is 0 Å². The second-order valence-corrected chi connectivity index (χ2v) is 7.82. The molecule has 29 heavy (non-hydrogen) atoms. The lowest BCUT2D eigenvalue weighted by Crippen LogP contribution is -2.35. The largest absolute Gasteiger partial charge is 0.379 e. The number of para-hydroxylation sites is 1. The summed E-state index contributed by atoms with van der Waals surface area (Å²) in [5, 5.41) is 6.04. The second kappa shape index (κ2) is 9.25.